The van der Waals surface area contributed by atoms with Crippen LogP contribution in [0.5, 0.6) is 5.75 Å². The van der Waals surface area contributed by atoms with E-state index in [1.165, 1.54) is 12.1 Å². The van der Waals surface area contributed by atoms with Crippen LogP contribution in [0.1, 0.15) is 13.8 Å². The average molecular weight is 320 g/mol. The third-order valence-electron chi connectivity index (χ3n) is 2.12. The predicted octanol–water partition coefficient (Wildman–Crippen LogP) is 3.69. The molecule has 0 spiro atoms. The second-order valence-electron chi connectivity index (χ2n) is 4.51. The maximum atomic E-state index is 10.7. The van der Waals surface area contributed by atoms with Gasteiger partial charge in [0.25, 0.3) is 5.69 Å². The molecule has 0 aliphatic rings. The molecule has 4 nitrogen and oxygen atoms in total. The molecule has 94 valence electrons. The summed E-state index contributed by atoms with van der Waals surface area (Å²) in [5, 5.41) is 10.7. The van der Waals surface area contributed by atoms with Gasteiger partial charge >= 0.3 is 0 Å². The van der Waals surface area contributed by atoms with E-state index in [0.29, 0.717) is 22.6 Å². The Balaban J connectivity index is 2.81. The fourth-order valence-corrected chi connectivity index (χ4v) is 1.61. The highest BCUT2D eigenvalue weighted by atomic mass is 79.9. The molecule has 17 heavy (non-hydrogen) atoms. The zero-order valence-electron chi connectivity index (χ0n) is 9.64. The van der Waals surface area contributed by atoms with Gasteiger partial charge in [0.15, 0.2) is 0 Å². The summed E-state index contributed by atoms with van der Waals surface area (Å²) in [6.45, 7) is 4.50. The van der Waals surface area contributed by atoms with Crippen LogP contribution in [0.15, 0.2) is 22.7 Å². The fourth-order valence-electron chi connectivity index (χ4n) is 1.06. The normalized spacial score (nSPS) is 11.3. The highest BCUT2D eigenvalue weighted by molar-refractivity contribution is 9.10. The van der Waals surface area contributed by atoms with Crippen LogP contribution < -0.4 is 4.74 Å². The van der Waals surface area contributed by atoms with E-state index in [1.54, 1.807) is 6.07 Å². The van der Waals surface area contributed by atoms with Gasteiger partial charge in [-0.05, 0) is 11.8 Å². The van der Waals surface area contributed by atoms with Crippen LogP contribution in [-0.2, 0) is 0 Å². The minimum Gasteiger partial charge on any atom is -0.493 e. The third-order valence-corrected chi connectivity index (χ3v) is 3.44. The quantitative estimate of drug-likeness (QED) is 0.511. The van der Waals surface area contributed by atoms with Crippen molar-refractivity contribution in [3.8, 4) is 5.75 Å². The Morgan fingerprint density at radius 2 is 2.12 bits per heavy atom. The standard InChI is InChI=1S/C11H14BrNO3S/c1-11(2,7-17)6-16-10-4-8(12)3-9(5-10)13(14)15/h3-5,17H,6-7H2,1-2H3. The summed E-state index contributed by atoms with van der Waals surface area (Å²) in [5.41, 5.74) is -0.0572. The summed E-state index contributed by atoms with van der Waals surface area (Å²) in [7, 11) is 0. The SMILES string of the molecule is CC(C)(CS)COc1cc(Br)cc([N+](=O)[O-])c1. The van der Waals surface area contributed by atoms with Crippen LogP contribution in [0.25, 0.3) is 0 Å². The van der Waals surface area contributed by atoms with Crippen molar-refractivity contribution in [1.29, 1.82) is 0 Å². The first-order valence-corrected chi connectivity index (χ1v) is 6.45. The summed E-state index contributed by atoms with van der Waals surface area (Å²) < 4.78 is 6.18. The Bertz CT molecular complexity index is 423. The Hall–Kier alpha value is -0.750. The van der Waals surface area contributed by atoms with E-state index < -0.39 is 4.92 Å². The van der Waals surface area contributed by atoms with E-state index in [9.17, 15) is 10.1 Å². The van der Waals surface area contributed by atoms with Crippen molar-refractivity contribution in [2.24, 2.45) is 5.41 Å². The molecule has 1 aromatic rings. The molecule has 0 unspecified atom stereocenters. The molecule has 0 atom stereocenters. The number of rotatable bonds is 5. The number of hydrogen-bond donors (Lipinski definition) is 1. The molecule has 0 aliphatic carbocycles. The topological polar surface area (TPSA) is 52.4 Å². The van der Waals surface area contributed by atoms with Gasteiger partial charge in [0, 0.05) is 16.0 Å². The monoisotopic (exact) mass is 319 g/mol. The second kappa shape index (κ2) is 5.73. The Kier molecular flexibility index (Phi) is 4.82. The molecule has 6 heteroatoms. The summed E-state index contributed by atoms with van der Waals surface area (Å²) in [6, 6.07) is 4.57. The summed E-state index contributed by atoms with van der Waals surface area (Å²) in [5.74, 6) is 1.17. The molecule has 1 rings (SSSR count). The van der Waals surface area contributed by atoms with Gasteiger partial charge in [0.1, 0.15) is 5.75 Å². The lowest BCUT2D eigenvalue weighted by molar-refractivity contribution is -0.385. The number of non-ortho nitro benzene ring substituents is 1. The van der Waals surface area contributed by atoms with Crippen LogP contribution in [0.3, 0.4) is 0 Å². The molecular weight excluding hydrogens is 306 g/mol. The maximum absolute atomic E-state index is 10.7. The van der Waals surface area contributed by atoms with Crippen molar-refractivity contribution < 1.29 is 9.66 Å². The number of hydrogen-bond acceptors (Lipinski definition) is 4. The van der Waals surface area contributed by atoms with E-state index in [0.717, 1.165) is 0 Å². The zero-order valence-corrected chi connectivity index (χ0v) is 12.1. The molecule has 0 amide bonds. The lowest BCUT2D eigenvalue weighted by Gasteiger charge is -2.22. The fraction of sp³-hybridized carbons (Fsp3) is 0.455. The molecule has 1 aromatic carbocycles. The summed E-state index contributed by atoms with van der Waals surface area (Å²) in [4.78, 5) is 10.2. The molecule has 0 fully saturated rings. The van der Waals surface area contributed by atoms with Gasteiger partial charge in [-0.3, -0.25) is 10.1 Å². The number of nitro groups is 1. The Morgan fingerprint density at radius 3 is 2.65 bits per heavy atom. The number of nitrogens with zero attached hydrogens (tertiary/aromatic N) is 1. The van der Waals surface area contributed by atoms with E-state index in [1.807, 2.05) is 13.8 Å². The van der Waals surface area contributed by atoms with Crippen LogP contribution in [0, 0.1) is 15.5 Å². The minimum absolute atomic E-state index is 0.0121. The lowest BCUT2D eigenvalue weighted by Crippen LogP contribution is -2.23. The molecule has 0 aromatic heterocycles. The number of ether oxygens (including phenoxy) is 1. The highest BCUT2D eigenvalue weighted by Gasteiger charge is 2.17. The van der Waals surface area contributed by atoms with Gasteiger partial charge < -0.3 is 4.74 Å². The third kappa shape index (κ3) is 4.55. The van der Waals surface area contributed by atoms with Crippen LogP contribution >= 0.6 is 28.6 Å². The summed E-state index contributed by atoms with van der Waals surface area (Å²) >= 11 is 7.44. The highest BCUT2D eigenvalue weighted by Crippen LogP contribution is 2.27. The van der Waals surface area contributed by atoms with Gasteiger partial charge in [-0.25, -0.2) is 0 Å². The van der Waals surface area contributed by atoms with Crippen LogP contribution in [-0.4, -0.2) is 17.3 Å². The Morgan fingerprint density at radius 1 is 1.47 bits per heavy atom. The van der Waals surface area contributed by atoms with Crippen molar-refractivity contribution in [2.75, 3.05) is 12.4 Å². The first-order chi connectivity index (χ1) is 7.84. The largest absolute Gasteiger partial charge is 0.493 e. The molecule has 0 saturated heterocycles. The van der Waals surface area contributed by atoms with Crippen LogP contribution in [0.2, 0.25) is 0 Å². The molecule has 0 bridgehead atoms. The summed E-state index contributed by atoms with van der Waals surface area (Å²) in [6.07, 6.45) is 0. The molecular formula is C11H14BrNO3S. The van der Waals surface area contributed by atoms with Gasteiger partial charge in [0.2, 0.25) is 0 Å². The number of nitro benzene ring substituents is 1. The van der Waals surface area contributed by atoms with Gasteiger partial charge in [0.05, 0.1) is 17.6 Å². The molecule has 0 saturated carbocycles. The van der Waals surface area contributed by atoms with E-state index in [-0.39, 0.29) is 11.1 Å². The van der Waals surface area contributed by atoms with E-state index >= 15 is 0 Å². The van der Waals surface area contributed by atoms with Crippen LogP contribution in [0.4, 0.5) is 5.69 Å². The van der Waals surface area contributed by atoms with Crippen molar-refractivity contribution in [3.05, 3.63) is 32.8 Å². The number of benzene rings is 1. The molecule has 0 radical (unpaired) electrons. The van der Waals surface area contributed by atoms with E-state index in [2.05, 4.69) is 28.6 Å². The van der Waals surface area contributed by atoms with Crippen molar-refractivity contribution in [3.63, 3.8) is 0 Å². The van der Waals surface area contributed by atoms with E-state index in [4.69, 9.17) is 4.74 Å². The molecule has 0 aliphatic heterocycles. The van der Waals surface area contributed by atoms with Gasteiger partial charge in [-0.1, -0.05) is 29.8 Å². The average Bonchev–Trinajstić information content (AvgIpc) is 2.26. The van der Waals surface area contributed by atoms with Crippen molar-refractivity contribution in [1.82, 2.24) is 0 Å². The van der Waals surface area contributed by atoms with Crippen molar-refractivity contribution in [2.45, 2.75) is 13.8 Å². The predicted molar refractivity (Wildman–Crippen MR) is 73.9 cm³/mol. The second-order valence-corrected chi connectivity index (χ2v) is 5.75. The number of halogens is 1. The smallest absolute Gasteiger partial charge is 0.274 e. The van der Waals surface area contributed by atoms with Gasteiger partial charge in [-0.2, -0.15) is 12.6 Å². The van der Waals surface area contributed by atoms with Crippen molar-refractivity contribution >= 4 is 34.2 Å². The molecule has 0 heterocycles. The lowest BCUT2D eigenvalue weighted by atomic mass is 9.98. The first-order valence-electron chi connectivity index (χ1n) is 5.03. The van der Waals surface area contributed by atoms with Gasteiger partial charge in [-0.15, -0.1) is 0 Å². The first kappa shape index (κ1) is 14.3. The minimum atomic E-state index is -0.443. The number of thiol groups is 1. The Labute approximate surface area is 114 Å². The molecule has 0 N–H and O–H groups in total. The zero-order chi connectivity index (χ0) is 13.1. The maximum Gasteiger partial charge on any atom is 0.274 e.